The standard InChI is InChI=1S/C17H19F3N8S/c1-3-21-14-12(17(18,19)20)6-22-16(26-14)25-13-7-24-28(9(13)2)11-4-10(5-11)15-27-23-8-29-15/h6-8,10-11H,3-5H2,1-2H3,(H2,21,22,25,26)/t10-,11-. The zero-order valence-corrected chi connectivity index (χ0v) is 16.5. The summed E-state index contributed by atoms with van der Waals surface area (Å²) in [5.41, 5.74) is 2.37. The Hall–Kier alpha value is -2.76. The van der Waals surface area contributed by atoms with Crippen molar-refractivity contribution in [2.75, 3.05) is 17.2 Å². The predicted molar refractivity (Wildman–Crippen MR) is 102 cm³/mol. The molecule has 3 aromatic rings. The molecule has 1 aliphatic carbocycles. The van der Waals surface area contributed by atoms with Crippen molar-refractivity contribution in [3.63, 3.8) is 0 Å². The summed E-state index contributed by atoms with van der Waals surface area (Å²) in [6.45, 7) is 3.92. The number of hydrogen-bond acceptors (Lipinski definition) is 8. The molecule has 0 unspecified atom stereocenters. The molecule has 0 spiro atoms. The fourth-order valence-corrected chi connectivity index (χ4v) is 4.02. The molecule has 0 atom stereocenters. The van der Waals surface area contributed by atoms with Gasteiger partial charge in [-0.05, 0) is 26.7 Å². The van der Waals surface area contributed by atoms with Crippen LogP contribution in [0.3, 0.4) is 0 Å². The van der Waals surface area contributed by atoms with E-state index in [-0.39, 0.29) is 17.8 Å². The number of nitrogens with zero attached hydrogens (tertiary/aromatic N) is 6. The van der Waals surface area contributed by atoms with Crippen LogP contribution in [0.15, 0.2) is 17.9 Å². The van der Waals surface area contributed by atoms with E-state index in [0.717, 1.165) is 29.7 Å². The van der Waals surface area contributed by atoms with Gasteiger partial charge in [0.2, 0.25) is 5.95 Å². The Morgan fingerprint density at radius 3 is 2.72 bits per heavy atom. The summed E-state index contributed by atoms with van der Waals surface area (Å²) in [5, 5.41) is 19.1. The van der Waals surface area contributed by atoms with E-state index in [1.54, 1.807) is 30.0 Å². The van der Waals surface area contributed by atoms with E-state index in [0.29, 0.717) is 18.2 Å². The number of alkyl halides is 3. The first-order valence-electron chi connectivity index (χ1n) is 9.12. The van der Waals surface area contributed by atoms with Crippen LogP contribution in [-0.2, 0) is 6.18 Å². The lowest BCUT2D eigenvalue weighted by Crippen LogP contribution is -2.26. The van der Waals surface area contributed by atoms with Gasteiger partial charge in [-0.2, -0.15) is 23.3 Å². The largest absolute Gasteiger partial charge is 0.421 e. The first-order valence-corrected chi connectivity index (χ1v) is 10.00. The van der Waals surface area contributed by atoms with Crippen molar-refractivity contribution in [3.05, 3.63) is 34.2 Å². The normalized spacial score (nSPS) is 19.1. The molecular formula is C17H19F3N8S. The van der Waals surface area contributed by atoms with E-state index in [2.05, 4.69) is 35.9 Å². The summed E-state index contributed by atoms with van der Waals surface area (Å²) >= 11 is 1.56. The van der Waals surface area contributed by atoms with Gasteiger partial charge in [0, 0.05) is 18.7 Å². The van der Waals surface area contributed by atoms with Gasteiger partial charge in [0.15, 0.2) is 0 Å². The molecule has 4 rings (SSSR count). The topological polar surface area (TPSA) is 93.4 Å². The van der Waals surface area contributed by atoms with E-state index in [9.17, 15) is 13.2 Å². The van der Waals surface area contributed by atoms with Crippen molar-refractivity contribution < 1.29 is 13.2 Å². The maximum absolute atomic E-state index is 13.1. The van der Waals surface area contributed by atoms with Crippen LogP contribution in [-0.4, -0.2) is 36.5 Å². The minimum Gasteiger partial charge on any atom is -0.370 e. The molecule has 0 bridgehead atoms. The van der Waals surface area contributed by atoms with E-state index < -0.39 is 11.7 Å². The monoisotopic (exact) mass is 424 g/mol. The zero-order valence-electron chi connectivity index (χ0n) is 15.7. The van der Waals surface area contributed by atoms with Crippen molar-refractivity contribution in [3.8, 4) is 0 Å². The van der Waals surface area contributed by atoms with E-state index in [4.69, 9.17) is 0 Å². The SMILES string of the molecule is CCNc1nc(Nc2cnn([C@H]3C[C@H](c4nncs4)C3)c2C)ncc1C(F)(F)F. The third kappa shape index (κ3) is 3.88. The second-order valence-corrected chi connectivity index (χ2v) is 7.66. The number of anilines is 3. The summed E-state index contributed by atoms with van der Waals surface area (Å²) in [4.78, 5) is 7.82. The van der Waals surface area contributed by atoms with Gasteiger partial charge >= 0.3 is 6.18 Å². The van der Waals surface area contributed by atoms with Gasteiger partial charge < -0.3 is 10.6 Å². The third-order valence-corrected chi connectivity index (χ3v) is 5.77. The second kappa shape index (κ2) is 7.58. The summed E-state index contributed by atoms with van der Waals surface area (Å²) in [6.07, 6.45) is -0.241. The van der Waals surface area contributed by atoms with Crippen LogP contribution in [0.25, 0.3) is 0 Å². The van der Waals surface area contributed by atoms with Gasteiger partial charge in [0.1, 0.15) is 21.9 Å². The minimum absolute atomic E-state index is 0.0805. The first kappa shape index (κ1) is 19.6. The van der Waals surface area contributed by atoms with Crippen LogP contribution in [0.4, 0.5) is 30.6 Å². The number of rotatable bonds is 6. The predicted octanol–water partition coefficient (Wildman–Crippen LogP) is 4.15. The molecule has 1 saturated carbocycles. The zero-order chi connectivity index (χ0) is 20.6. The molecular weight excluding hydrogens is 405 g/mol. The number of halogens is 3. The Kier molecular flexibility index (Phi) is 5.11. The van der Waals surface area contributed by atoms with Crippen LogP contribution < -0.4 is 10.6 Å². The molecule has 0 amide bonds. The lowest BCUT2D eigenvalue weighted by Gasteiger charge is -2.34. The lowest BCUT2D eigenvalue weighted by molar-refractivity contribution is -0.137. The van der Waals surface area contributed by atoms with Crippen LogP contribution >= 0.6 is 11.3 Å². The molecule has 154 valence electrons. The summed E-state index contributed by atoms with van der Waals surface area (Å²) in [7, 11) is 0. The highest BCUT2D eigenvalue weighted by Gasteiger charge is 2.36. The Morgan fingerprint density at radius 1 is 1.28 bits per heavy atom. The van der Waals surface area contributed by atoms with Crippen molar-refractivity contribution in [1.82, 2.24) is 29.9 Å². The smallest absolute Gasteiger partial charge is 0.370 e. The Bertz CT molecular complexity index is 979. The molecule has 0 aliphatic heterocycles. The highest BCUT2D eigenvalue weighted by molar-refractivity contribution is 7.09. The molecule has 1 aliphatic rings. The maximum Gasteiger partial charge on any atom is 0.421 e. The molecule has 0 aromatic carbocycles. The summed E-state index contributed by atoms with van der Waals surface area (Å²) < 4.78 is 41.2. The van der Waals surface area contributed by atoms with Crippen molar-refractivity contribution in [2.24, 2.45) is 0 Å². The molecule has 1 fully saturated rings. The molecule has 0 saturated heterocycles. The highest BCUT2D eigenvalue weighted by Crippen LogP contribution is 2.45. The molecule has 2 N–H and O–H groups in total. The quantitative estimate of drug-likeness (QED) is 0.614. The minimum atomic E-state index is -4.52. The van der Waals surface area contributed by atoms with Crippen molar-refractivity contribution >= 4 is 28.8 Å². The van der Waals surface area contributed by atoms with Crippen molar-refractivity contribution in [2.45, 2.75) is 44.8 Å². The van der Waals surface area contributed by atoms with E-state index in [1.165, 1.54) is 0 Å². The average molecular weight is 424 g/mol. The first-order chi connectivity index (χ1) is 13.9. The second-order valence-electron chi connectivity index (χ2n) is 6.80. The number of nitrogens with one attached hydrogen (secondary N) is 2. The average Bonchev–Trinajstić information content (AvgIpc) is 3.26. The molecule has 12 heteroatoms. The molecule has 3 aromatic heterocycles. The number of aromatic nitrogens is 6. The summed E-state index contributed by atoms with van der Waals surface area (Å²) in [6, 6.07) is 0.255. The molecule has 8 nitrogen and oxygen atoms in total. The Balaban J connectivity index is 1.49. The molecule has 0 radical (unpaired) electrons. The van der Waals surface area contributed by atoms with Crippen LogP contribution in [0, 0.1) is 6.92 Å². The van der Waals surface area contributed by atoms with E-state index >= 15 is 0 Å². The maximum atomic E-state index is 13.1. The van der Waals surface area contributed by atoms with Gasteiger partial charge in [0.05, 0.1) is 23.6 Å². The van der Waals surface area contributed by atoms with Gasteiger partial charge in [-0.1, -0.05) is 0 Å². The fraction of sp³-hybridized carbons (Fsp3) is 0.471. The van der Waals surface area contributed by atoms with Gasteiger partial charge in [0.25, 0.3) is 0 Å². The van der Waals surface area contributed by atoms with E-state index in [1.807, 2.05) is 11.6 Å². The Labute approximate surface area is 168 Å². The Morgan fingerprint density at radius 2 is 2.07 bits per heavy atom. The van der Waals surface area contributed by atoms with Gasteiger partial charge in [-0.25, -0.2) is 4.98 Å². The number of hydrogen-bond donors (Lipinski definition) is 2. The van der Waals surface area contributed by atoms with Crippen LogP contribution in [0.5, 0.6) is 0 Å². The van der Waals surface area contributed by atoms with Crippen LogP contribution in [0.2, 0.25) is 0 Å². The molecule has 3 heterocycles. The lowest BCUT2D eigenvalue weighted by atomic mass is 9.81. The van der Waals surface area contributed by atoms with Gasteiger partial charge in [-0.3, -0.25) is 4.68 Å². The van der Waals surface area contributed by atoms with Crippen LogP contribution in [0.1, 0.15) is 48.0 Å². The summed E-state index contributed by atoms with van der Waals surface area (Å²) in [5.74, 6) is 0.229. The fourth-order valence-electron chi connectivity index (χ4n) is 3.34. The van der Waals surface area contributed by atoms with Crippen molar-refractivity contribution in [1.29, 1.82) is 0 Å². The third-order valence-electron chi connectivity index (χ3n) is 4.91. The van der Waals surface area contributed by atoms with Gasteiger partial charge in [-0.15, -0.1) is 21.5 Å². The highest BCUT2D eigenvalue weighted by atomic mass is 32.1. The molecule has 29 heavy (non-hydrogen) atoms.